The van der Waals surface area contributed by atoms with Gasteiger partial charge in [0.15, 0.2) is 5.13 Å². The highest BCUT2D eigenvalue weighted by Gasteiger charge is 2.26. The van der Waals surface area contributed by atoms with Gasteiger partial charge in [0.25, 0.3) is 0 Å². The minimum absolute atomic E-state index is 0.0849. The fraction of sp³-hybridized carbons (Fsp3) is 0.522. The van der Waals surface area contributed by atoms with Crippen LogP contribution in [0.2, 0.25) is 0 Å². The number of ether oxygens (including phenoxy) is 1. The van der Waals surface area contributed by atoms with Gasteiger partial charge in [-0.1, -0.05) is 53.7 Å². The Balaban J connectivity index is 2.11. The van der Waals surface area contributed by atoms with Gasteiger partial charge in [0.05, 0.1) is 19.2 Å². The Morgan fingerprint density at radius 3 is 2.17 bits per heavy atom. The summed E-state index contributed by atoms with van der Waals surface area (Å²) in [7, 11) is 1.33. The van der Waals surface area contributed by atoms with Crippen LogP contribution in [-0.4, -0.2) is 29.1 Å². The summed E-state index contributed by atoms with van der Waals surface area (Å²) in [6, 6.07) is 3.99. The van der Waals surface area contributed by atoms with E-state index in [4.69, 9.17) is 0 Å². The van der Waals surface area contributed by atoms with Crippen LogP contribution in [0, 0.1) is 0 Å². The fourth-order valence-corrected chi connectivity index (χ4v) is 3.81. The third-order valence-electron chi connectivity index (χ3n) is 4.78. The molecule has 0 unspecified atom stereocenters. The number of aromatic hydroxyl groups is 1. The topological polar surface area (TPSA) is 88.5 Å². The molecular weight excluding hydrogens is 400 g/mol. The van der Waals surface area contributed by atoms with Gasteiger partial charge in [-0.25, -0.2) is 4.98 Å². The zero-order valence-corrected chi connectivity index (χ0v) is 19.7. The maximum atomic E-state index is 12.4. The largest absolute Gasteiger partial charge is 0.507 e. The van der Waals surface area contributed by atoms with Crippen LogP contribution in [0.25, 0.3) is 0 Å². The number of hydrogen-bond acceptors (Lipinski definition) is 6. The van der Waals surface area contributed by atoms with E-state index in [-0.39, 0.29) is 29.1 Å². The van der Waals surface area contributed by atoms with Crippen LogP contribution >= 0.6 is 11.3 Å². The lowest BCUT2D eigenvalue weighted by Gasteiger charge is -2.28. The predicted molar refractivity (Wildman–Crippen MR) is 120 cm³/mol. The highest BCUT2D eigenvalue weighted by molar-refractivity contribution is 7.13. The first kappa shape index (κ1) is 23.9. The second-order valence-corrected chi connectivity index (χ2v) is 10.3. The quantitative estimate of drug-likeness (QED) is 0.644. The number of esters is 1. The molecule has 0 atom stereocenters. The summed E-state index contributed by atoms with van der Waals surface area (Å²) < 4.78 is 4.63. The summed E-state index contributed by atoms with van der Waals surface area (Å²) >= 11 is 1.28. The maximum absolute atomic E-state index is 12.4. The van der Waals surface area contributed by atoms with Gasteiger partial charge >= 0.3 is 5.97 Å². The van der Waals surface area contributed by atoms with E-state index in [1.165, 1.54) is 18.4 Å². The Bertz CT molecular complexity index is 885. The number of aromatic nitrogens is 1. The van der Waals surface area contributed by atoms with Crippen molar-refractivity contribution in [3.63, 3.8) is 0 Å². The lowest BCUT2D eigenvalue weighted by Crippen LogP contribution is -2.18. The Labute approximate surface area is 182 Å². The van der Waals surface area contributed by atoms with Gasteiger partial charge in [-0.05, 0) is 33.9 Å². The minimum atomic E-state index is -0.366. The van der Waals surface area contributed by atoms with E-state index >= 15 is 0 Å². The van der Waals surface area contributed by atoms with Crippen molar-refractivity contribution >= 4 is 28.3 Å². The maximum Gasteiger partial charge on any atom is 0.311 e. The van der Waals surface area contributed by atoms with E-state index in [0.29, 0.717) is 29.4 Å². The van der Waals surface area contributed by atoms with Crippen LogP contribution in [0.4, 0.5) is 5.13 Å². The second-order valence-electron chi connectivity index (χ2n) is 9.48. The summed E-state index contributed by atoms with van der Waals surface area (Å²) in [5.41, 5.74) is 2.95. The number of aryl methyl sites for hydroxylation is 1. The number of amides is 1. The molecule has 0 saturated heterocycles. The third kappa shape index (κ3) is 6.29. The predicted octanol–water partition coefficient (Wildman–Crippen LogP) is 4.73. The first-order valence-corrected chi connectivity index (χ1v) is 10.9. The van der Waals surface area contributed by atoms with Crippen LogP contribution in [0.15, 0.2) is 17.5 Å². The molecule has 0 aliphatic rings. The molecule has 0 saturated carbocycles. The summed E-state index contributed by atoms with van der Waals surface area (Å²) in [6.07, 6.45) is 0.935. The number of carbonyl (C=O) groups excluding carboxylic acids is 2. The molecule has 2 aromatic rings. The number of methoxy groups -OCH3 is 1. The molecule has 1 aromatic heterocycles. The summed E-state index contributed by atoms with van der Waals surface area (Å²) in [6.45, 7) is 12.4. The summed E-state index contributed by atoms with van der Waals surface area (Å²) in [4.78, 5) is 28.0. The monoisotopic (exact) mass is 432 g/mol. The lowest BCUT2D eigenvalue weighted by atomic mass is 9.78. The third-order valence-corrected chi connectivity index (χ3v) is 5.58. The van der Waals surface area contributed by atoms with Gasteiger partial charge in [0, 0.05) is 11.8 Å². The molecule has 2 N–H and O–H groups in total. The molecule has 0 radical (unpaired) electrons. The number of rotatable bonds is 6. The molecule has 0 aliphatic heterocycles. The zero-order valence-electron chi connectivity index (χ0n) is 18.9. The van der Waals surface area contributed by atoms with Gasteiger partial charge in [-0.15, -0.1) is 11.3 Å². The molecule has 2 rings (SSSR count). The number of anilines is 1. The number of carbonyl (C=O) groups is 2. The molecular formula is C23H32N2O4S. The Kier molecular flexibility index (Phi) is 7.29. The fourth-order valence-electron chi connectivity index (χ4n) is 3.09. The van der Waals surface area contributed by atoms with E-state index in [9.17, 15) is 14.7 Å². The lowest BCUT2D eigenvalue weighted by molar-refractivity contribution is -0.139. The molecule has 6 nitrogen and oxygen atoms in total. The molecule has 1 aromatic carbocycles. The number of phenols is 1. The first-order valence-electron chi connectivity index (χ1n) is 9.99. The molecule has 0 bridgehead atoms. The van der Waals surface area contributed by atoms with Crippen molar-refractivity contribution in [2.75, 3.05) is 12.4 Å². The molecule has 0 fully saturated rings. The van der Waals surface area contributed by atoms with Crippen molar-refractivity contribution in [1.82, 2.24) is 4.98 Å². The van der Waals surface area contributed by atoms with E-state index in [0.717, 1.165) is 16.7 Å². The normalized spacial score (nSPS) is 12.0. The SMILES string of the molecule is COC(=O)Cc1csc(NC(=O)CCc2cc(C(C)(C)C)c(O)c(C(C)(C)C)c2)n1. The highest BCUT2D eigenvalue weighted by atomic mass is 32.1. The number of nitrogens with zero attached hydrogens (tertiary/aromatic N) is 1. The molecule has 1 amide bonds. The van der Waals surface area contributed by atoms with Crippen LogP contribution in [-0.2, 0) is 38.0 Å². The molecule has 7 heteroatoms. The highest BCUT2D eigenvalue weighted by Crippen LogP contribution is 2.40. The Morgan fingerprint density at radius 2 is 1.67 bits per heavy atom. The molecule has 30 heavy (non-hydrogen) atoms. The standard InChI is InChI=1S/C23H32N2O4S/c1-22(2,3)16-10-14(11-17(20(16)28)23(4,5)6)8-9-18(26)25-21-24-15(13-30-21)12-19(27)29-7/h10-11,13,28H,8-9,12H2,1-7H3,(H,24,25,26). The van der Waals surface area contributed by atoms with Gasteiger partial charge < -0.3 is 15.2 Å². The minimum Gasteiger partial charge on any atom is -0.507 e. The first-order chi connectivity index (χ1) is 13.8. The number of nitrogens with one attached hydrogen (secondary N) is 1. The van der Waals surface area contributed by atoms with Crippen LogP contribution < -0.4 is 5.32 Å². The van der Waals surface area contributed by atoms with Crippen molar-refractivity contribution in [2.45, 2.75) is 71.6 Å². The van der Waals surface area contributed by atoms with Gasteiger partial charge in [-0.2, -0.15) is 0 Å². The number of phenolic OH excluding ortho intramolecular Hbond substituents is 1. The van der Waals surface area contributed by atoms with Crippen LogP contribution in [0.3, 0.4) is 0 Å². The van der Waals surface area contributed by atoms with E-state index in [1.807, 2.05) is 12.1 Å². The van der Waals surface area contributed by atoms with Gasteiger partial charge in [-0.3, -0.25) is 9.59 Å². The molecule has 164 valence electrons. The van der Waals surface area contributed by atoms with Crippen molar-refractivity contribution in [3.05, 3.63) is 39.9 Å². The van der Waals surface area contributed by atoms with Crippen LogP contribution in [0.1, 0.15) is 70.3 Å². The van der Waals surface area contributed by atoms with Crippen molar-refractivity contribution in [1.29, 1.82) is 0 Å². The summed E-state index contributed by atoms with van der Waals surface area (Å²) in [5.74, 6) is -0.171. The Morgan fingerprint density at radius 1 is 1.10 bits per heavy atom. The average Bonchev–Trinajstić information content (AvgIpc) is 3.05. The second kappa shape index (κ2) is 9.16. The van der Waals surface area contributed by atoms with E-state index in [1.54, 1.807) is 5.38 Å². The van der Waals surface area contributed by atoms with Gasteiger partial charge in [0.1, 0.15) is 5.75 Å². The smallest absolute Gasteiger partial charge is 0.311 e. The average molecular weight is 433 g/mol. The number of benzene rings is 1. The number of hydrogen-bond donors (Lipinski definition) is 2. The summed E-state index contributed by atoms with van der Waals surface area (Å²) in [5, 5.41) is 15.8. The van der Waals surface area contributed by atoms with Crippen LogP contribution in [0.5, 0.6) is 5.75 Å². The van der Waals surface area contributed by atoms with Crippen molar-refractivity contribution < 1.29 is 19.4 Å². The molecule has 1 heterocycles. The van der Waals surface area contributed by atoms with Crippen molar-refractivity contribution in [2.24, 2.45) is 0 Å². The molecule has 0 aliphatic carbocycles. The zero-order chi connectivity index (χ0) is 22.7. The van der Waals surface area contributed by atoms with Gasteiger partial charge in [0.2, 0.25) is 5.91 Å². The Hall–Kier alpha value is -2.41. The molecule has 0 spiro atoms. The number of thiazole rings is 1. The van der Waals surface area contributed by atoms with E-state index < -0.39 is 0 Å². The van der Waals surface area contributed by atoms with E-state index in [2.05, 4.69) is 56.6 Å². The van der Waals surface area contributed by atoms with Crippen molar-refractivity contribution in [3.8, 4) is 5.75 Å².